The molecule has 2 heterocycles. The van der Waals surface area contributed by atoms with E-state index in [-0.39, 0.29) is 17.0 Å². The number of hydrogen-bond donors (Lipinski definition) is 1. The van der Waals surface area contributed by atoms with E-state index in [0.717, 1.165) is 25.9 Å². The number of H-pyrrole nitrogens is 1. The summed E-state index contributed by atoms with van der Waals surface area (Å²) in [6.45, 7) is 3.15. The van der Waals surface area contributed by atoms with Crippen molar-refractivity contribution in [1.29, 1.82) is 0 Å². The third kappa shape index (κ3) is 1.97. The minimum Gasteiger partial charge on any atom is -0.338 e. The lowest BCUT2D eigenvalue weighted by Crippen LogP contribution is -2.32. The number of likely N-dealkylation sites (tertiary alicyclic amines) is 1. The average molecular weight is 241 g/mol. The molecule has 16 heavy (non-hydrogen) atoms. The Bertz CT molecular complexity index is 475. The summed E-state index contributed by atoms with van der Waals surface area (Å²) < 4.78 is 0. The van der Waals surface area contributed by atoms with Gasteiger partial charge in [-0.1, -0.05) is 11.6 Å². The van der Waals surface area contributed by atoms with Crippen molar-refractivity contribution in [3.8, 4) is 0 Å². The van der Waals surface area contributed by atoms with Crippen LogP contribution in [0.4, 0.5) is 0 Å². The predicted octanol–water partition coefficient (Wildman–Crippen LogP) is 1.57. The Morgan fingerprint density at radius 1 is 1.44 bits per heavy atom. The molecule has 4 nitrogen and oxygen atoms in total. The molecule has 0 radical (unpaired) electrons. The standard InChI is InChI=1S/C11H13ClN2O2/c1-7-9(12)6-8(10(15)13-7)11(16)14-4-2-3-5-14/h6H,2-5H2,1H3,(H,13,15). The molecule has 1 aliphatic rings. The molecule has 0 aliphatic carbocycles. The van der Waals surface area contributed by atoms with E-state index in [4.69, 9.17) is 11.6 Å². The maximum absolute atomic E-state index is 12.0. The summed E-state index contributed by atoms with van der Waals surface area (Å²) in [4.78, 5) is 27.9. The molecule has 0 saturated carbocycles. The van der Waals surface area contributed by atoms with Gasteiger partial charge < -0.3 is 9.88 Å². The lowest BCUT2D eigenvalue weighted by Gasteiger charge is -2.14. The van der Waals surface area contributed by atoms with Crippen LogP contribution in [-0.2, 0) is 0 Å². The zero-order valence-electron chi connectivity index (χ0n) is 9.05. The minimum atomic E-state index is -0.362. The number of amides is 1. The summed E-state index contributed by atoms with van der Waals surface area (Å²) in [7, 11) is 0. The molecule has 1 saturated heterocycles. The normalized spacial score (nSPS) is 15.5. The minimum absolute atomic E-state index is 0.137. The molecule has 0 atom stereocenters. The van der Waals surface area contributed by atoms with Crippen molar-refractivity contribution in [2.75, 3.05) is 13.1 Å². The van der Waals surface area contributed by atoms with E-state index in [2.05, 4.69) is 4.98 Å². The number of nitrogens with zero attached hydrogens (tertiary/aromatic N) is 1. The molecule has 86 valence electrons. The Morgan fingerprint density at radius 3 is 2.69 bits per heavy atom. The highest BCUT2D eigenvalue weighted by Gasteiger charge is 2.22. The Balaban J connectivity index is 2.36. The third-order valence-electron chi connectivity index (χ3n) is 2.80. The number of carbonyl (C=O) groups is 1. The molecule has 1 N–H and O–H groups in total. The number of nitrogens with one attached hydrogen (secondary N) is 1. The van der Waals surface area contributed by atoms with Crippen molar-refractivity contribution >= 4 is 17.5 Å². The zero-order chi connectivity index (χ0) is 11.7. The SMILES string of the molecule is Cc1[nH]c(=O)c(C(=O)N2CCCC2)cc1Cl. The lowest BCUT2D eigenvalue weighted by atomic mass is 10.2. The second-order valence-corrected chi connectivity index (χ2v) is 4.39. The number of pyridine rings is 1. The largest absolute Gasteiger partial charge is 0.338 e. The van der Waals surface area contributed by atoms with E-state index in [9.17, 15) is 9.59 Å². The second-order valence-electron chi connectivity index (χ2n) is 3.98. The van der Waals surface area contributed by atoms with Crippen LogP contribution in [0, 0.1) is 6.92 Å². The van der Waals surface area contributed by atoms with Crippen LogP contribution < -0.4 is 5.56 Å². The van der Waals surface area contributed by atoms with Gasteiger partial charge in [0.2, 0.25) is 0 Å². The highest BCUT2D eigenvalue weighted by Crippen LogP contribution is 2.15. The highest BCUT2D eigenvalue weighted by atomic mass is 35.5. The van der Waals surface area contributed by atoms with Crippen molar-refractivity contribution in [2.24, 2.45) is 0 Å². The number of aromatic nitrogens is 1. The van der Waals surface area contributed by atoms with Gasteiger partial charge in [0.15, 0.2) is 0 Å². The van der Waals surface area contributed by atoms with Crippen LogP contribution in [0.25, 0.3) is 0 Å². The molecule has 1 fully saturated rings. The second kappa shape index (κ2) is 4.29. The average Bonchev–Trinajstić information content (AvgIpc) is 2.75. The van der Waals surface area contributed by atoms with Crippen LogP contribution in [0.2, 0.25) is 5.02 Å². The molecular formula is C11H13ClN2O2. The first-order valence-corrected chi connectivity index (χ1v) is 5.66. The fourth-order valence-electron chi connectivity index (χ4n) is 1.85. The van der Waals surface area contributed by atoms with Gasteiger partial charge in [0, 0.05) is 18.8 Å². The summed E-state index contributed by atoms with van der Waals surface area (Å²) in [5.41, 5.74) is 0.362. The van der Waals surface area contributed by atoms with E-state index >= 15 is 0 Å². The van der Waals surface area contributed by atoms with Crippen LogP contribution in [0.5, 0.6) is 0 Å². The summed E-state index contributed by atoms with van der Waals surface area (Å²) >= 11 is 5.90. The number of aryl methyl sites for hydroxylation is 1. The van der Waals surface area contributed by atoms with Crippen molar-refractivity contribution in [3.63, 3.8) is 0 Å². The van der Waals surface area contributed by atoms with E-state index in [0.29, 0.717) is 10.7 Å². The number of carbonyl (C=O) groups excluding carboxylic acids is 1. The molecule has 2 rings (SSSR count). The molecule has 0 bridgehead atoms. The van der Waals surface area contributed by atoms with E-state index in [1.54, 1.807) is 11.8 Å². The van der Waals surface area contributed by atoms with Crippen molar-refractivity contribution in [3.05, 3.63) is 32.7 Å². The van der Waals surface area contributed by atoms with Crippen LogP contribution in [0.3, 0.4) is 0 Å². The smallest absolute Gasteiger partial charge is 0.261 e. The van der Waals surface area contributed by atoms with Gasteiger partial charge in [0.25, 0.3) is 11.5 Å². The van der Waals surface area contributed by atoms with Crippen molar-refractivity contribution in [1.82, 2.24) is 9.88 Å². The topological polar surface area (TPSA) is 53.2 Å². The summed E-state index contributed by atoms with van der Waals surface area (Å²) in [6.07, 6.45) is 2.01. The zero-order valence-corrected chi connectivity index (χ0v) is 9.80. The van der Waals surface area contributed by atoms with Gasteiger partial charge in [0.05, 0.1) is 5.02 Å². The summed E-state index contributed by atoms with van der Waals surface area (Å²) in [5.74, 6) is -0.222. The van der Waals surface area contributed by atoms with Crippen LogP contribution in [-0.4, -0.2) is 28.9 Å². The predicted molar refractivity (Wildman–Crippen MR) is 61.9 cm³/mol. The van der Waals surface area contributed by atoms with E-state index in [1.165, 1.54) is 6.07 Å². The van der Waals surface area contributed by atoms with Gasteiger partial charge in [-0.2, -0.15) is 0 Å². The molecule has 1 aromatic heterocycles. The fourth-order valence-corrected chi connectivity index (χ4v) is 2.00. The lowest BCUT2D eigenvalue weighted by molar-refractivity contribution is 0.0791. The monoisotopic (exact) mass is 240 g/mol. The molecule has 0 unspecified atom stereocenters. The van der Waals surface area contributed by atoms with Crippen LogP contribution in [0.15, 0.2) is 10.9 Å². The molecule has 1 aliphatic heterocycles. The quantitative estimate of drug-likeness (QED) is 0.810. The Hall–Kier alpha value is -1.29. The van der Waals surface area contributed by atoms with Crippen LogP contribution >= 0.6 is 11.6 Å². The number of rotatable bonds is 1. The van der Waals surface area contributed by atoms with Gasteiger partial charge in [-0.3, -0.25) is 9.59 Å². The number of halogens is 1. The van der Waals surface area contributed by atoms with Crippen LogP contribution in [0.1, 0.15) is 28.9 Å². The van der Waals surface area contributed by atoms with Gasteiger partial charge >= 0.3 is 0 Å². The first-order chi connectivity index (χ1) is 7.59. The first kappa shape index (κ1) is 11.2. The Kier molecular flexibility index (Phi) is 3.01. The highest BCUT2D eigenvalue weighted by molar-refractivity contribution is 6.31. The van der Waals surface area contributed by atoms with Gasteiger partial charge in [-0.15, -0.1) is 0 Å². The molecule has 1 aromatic rings. The maximum atomic E-state index is 12.0. The van der Waals surface area contributed by atoms with E-state index in [1.807, 2.05) is 0 Å². The molecule has 0 spiro atoms. The molecule has 0 aromatic carbocycles. The number of hydrogen-bond acceptors (Lipinski definition) is 2. The summed E-state index contributed by atoms with van der Waals surface area (Å²) in [6, 6.07) is 1.45. The van der Waals surface area contributed by atoms with Gasteiger partial charge in [-0.25, -0.2) is 0 Å². The van der Waals surface area contributed by atoms with E-state index < -0.39 is 0 Å². The molecule has 1 amide bonds. The van der Waals surface area contributed by atoms with Crippen molar-refractivity contribution < 1.29 is 4.79 Å². The van der Waals surface area contributed by atoms with Crippen molar-refractivity contribution in [2.45, 2.75) is 19.8 Å². The van der Waals surface area contributed by atoms with Gasteiger partial charge in [0.1, 0.15) is 5.56 Å². The third-order valence-corrected chi connectivity index (χ3v) is 3.19. The maximum Gasteiger partial charge on any atom is 0.261 e. The molecular weight excluding hydrogens is 228 g/mol. The van der Waals surface area contributed by atoms with Gasteiger partial charge in [-0.05, 0) is 25.8 Å². The Morgan fingerprint density at radius 2 is 2.06 bits per heavy atom. The molecule has 5 heteroatoms. The number of aromatic amines is 1. The summed E-state index contributed by atoms with van der Waals surface area (Å²) in [5, 5.41) is 0.419. The first-order valence-electron chi connectivity index (χ1n) is 5.28. The fraction of sp³-hybridized carbons (Fsp3) is 0.455. The Labute approximate surface area is 98.2 Å².